The van der Waals surface area contributed by atoms with E-state index < -0.39 is 0 Å². The van der Waals surface area contributed by atoms with Gasteiger partial charge in [-0.2, -0.15) is 0 Å². The second-order valence-corrected chi connectivity index (χ2v) is 5.32. The van der Waals surface area contributed by atoms with E-state index in [4.69, 9.17) is 11.6 Å². The van der Waals surface area contributed by atoms with E-state index in [9.17, 15) is 4.79 Å². The lowest BCUT2D eigenvalue weighted by atomic mass is 10.1. The number of amides is 1. The van der Waals surface area contributed by atoms with Crippen LogP contribution < -0.4 is 10.6 Å². The summed E-state index contributed by atoms with van der Waals surface area (Å²) in [5.74, 6) is 0.361. The maximum absolute atomic E-state index is 12.2. The van der Waals surface area contributed by atoms with E-state index in [-0.39, 0.29) is 5.91 Å². The SMILES string of the molecule is CCNc1ncc(C(=O)Nc2cc(C)cc(C)c2)cc1Cl. The summed E-state index contributed by atoms with van der Waals surface area (Å²) in [6.45, 7) is 6.66. The number of carbonyl (C=O) groups is 1. The molecule has 2 rings (SSSR count). The average Bonchev–Trinajstić information content (AvgIpc) is 2.40. The summed E-state index contributed by atoms with van der Waals surface area (Å²) in [7, 11) is 0. The molecule has 4 nitrogen and oxygen atoms in total. The van der Waals surface area contributed by atoms with Crippen LogP contribution in [0.4, 0.5) is 11.5 Å². The summed E-state index contributed by atoms with van der Waals surface area (Å²) in [4.78, 5) is 16.4. The van der Waals surface area contributed by atoms with Crippen molar-refractivity contribution >= 4 is 29.0 Å². The van der Waals surface area contributed by atoms with E-state index in [1.807, 2.05) is 32.9 Å². The molecule has 0 saturated carbocycles. The van der Waals surface area contributed by atoms with Gasteiger partial charge in [0, 0.05) is 18.4 Å². The van der Waals surface area contributed by atoms with Crippen LogP contribution in [-0.4, -0.2) is 17.4 Å². The van der Waals surface area contributed by atoms with Gasteiger partial charge in [0.1, 0.15) is 5.82 Å². The number of hydrogen-bond acceptors (Lipinski definition) is 3. The second-order valence-electron chi connectivity index (χ2n) is 4.92. The first-order chi connectivity index (χ1) is 9.99. The fourth-order valence-electron chi connectivity index (χ4n) is 2.11. The number of rotatable bonds is 4. The van der Waals surface area contributed by atoms with Gasteiger partial charge in [0.15, 0.2) is 0 Å². The number of carbonyl (C=O) groups excluding carboxylic acids is 1. The highest BCUT2D eigenvalue weighted by molar-refractivity contribution is 6.33. The maximum atomic E-state index is 12.2. The zero-order chi connectivity index (χ0) is 15.4. The van der Waals surface area contributed by atoms with Gasteiger partial charge in [0.05, 0.1) is 10.6 Å². The molecule has 2 aromatic rings. The third kappa shape index (κ3) is 3.95. The number of hydrogen-bond donors (Lipinski definition) is 2. The number of aromatic nitrogens is 1. The van der Waals surface area contributed by atoms with Gasteiger partial charge in [-0.3, -0.25) is 4.79 Å². The number of nitrogens with zero attached hydrogens (tertiary/aromatic N) is 1. The molecule has 1 aromatic carbocycles. The molecular weight excluding hydrogens is 286 g/mol. The molecule has 0 spiro atoms. The van der Waals surface area contributed by atoms with Crippen LogP contribution in [0.1, 0.15) is 28.4 Å². The Morgan fingerprint density at radius 2 is 1.86 bits per heavy atom. The predicted molar refractivity (Wildman–Crippen MR) is 87.3 cm³/mol. The largest absolute Gasteiger partial charge is 0.369 e. The molecule has 0 radical (unpaired) electrons. The fraction of sp³-hybridized carbons (Fsp3) is 0.250. The third-order valence-electron chi connectivity index (χ3n) is 2.93. The zero-order valence-electron chi connectivity index (χ0n) is 12.3. The first-order valence-corrected chi connectivity index (χ1v) is 7.16. The molecule has 2 N–H and O–H groups in total. The van der Waals surface area contributed by atoms with Crippen LogP contribution in [0.5, 0.6) is 0 Å². The maximum Gasteiger partial charge on any atom is 0.257 e. The second kappa shape index (κ2) is 6.59. The van der Waals surface area contributed by atoms with Crippen LogP contribution in [0.2, 0.25) is 5.02 Å². The lowest BCUT2D eigenvalue weighted by molar-refractivity contribution is 0.102. The summed E-state index contributed by atoms with van der Waals surface area (Å²) in [5, 5.41) is 6.33. The Bertz CT molecular complexity index is 650. The van der Waals surface area contributed by atoms with E-state index in [2.05, 4.69) is 21.7 Å². The predicted octanol–water partition coefficient (Wildman–Crippen LogP) is 4.04. The van der Waals surface area contributed by atoms with Gasteiger partial charge in [-0.25, -0.2) is 4.98 Å². The Morgan fingerprint density at radius 3 is 2.43 bits per heavy atom. The number of anilines is 2. The van der Waals surface area contributed by atoms with Crippen molar-refractivity contribution in [2.45, 2.75) is 20.8 Å². The highest BCUT2D eigenvalue weighted by Crippen LogP contribution is 2.21. The topological polar surface area (TPSA) is 54.0 Å². The van der Waals surface area contributed by atoms with Crippen molar-refractivity contribution in [3.8, 4) is 0 Å². The van der Waals surface area contributed by atoms with Crippen LogP contribution in [0.25, 0.3) is 0 Å². The molecule has 21 heavy (non-hydrogen) atoms. The van der Waals surface area contributed by atoms with Crippen LogP contribution in [0.15, 0.2) is 30.5 Å². The number of benzene rings is 1. The van der Waals surface area contributed by atoms with E-state index in [0.717, 1.165) is 23.4 Å². The average molecular weight is 304 g/mol. The molecule has 1 heterocycles. The minimum atomic E-state index is -0.225. The Hall–Kier alpha value is -2.07. The molecule has 0 fully saturated rings. The van der Waals surface area contributed by atoms with Crippen molar-refractivity contribution in [1.82, 2.24) is 4.98 Å². The Labute approximate surface area is 129 Å². The Balaban J connectivity index is 2.18. The fourth-order valence-corrected chi connectivity index (χ4v) is 2.34. The molecular formula is C16H18ClN3O. The summed E-state index contributed by atoms with van der Waals surface area (Å²) < 4.78 is 0. The van der Waals surface area contributed by atoms with E-state index >= 15 is 0 Å². The molecule has 0 aliphatic carbocycles. The molecule has 0 bridgehead atoms. The Morgan fingerprint density at radius 1 is 1.19 bits per heavy atom. The van der Waals surface area contributed by atoms with Crippen molar-refractivity contribution in [3.63, 3.8) is 0 Å². The first kappa shape index (κ1) is 15.3. The first-order valence-electron chi connectivity index (χ1n) is 6.78. The standard InChI is InChI=1S/C16H18ClN3O/c1-4-18-15-14(17)8-12(9-19-15)16(21)20-13-6-10(2)5-11(3)7-13/h5-9H,4H2,1-3H3,(H,18,19)(H,20,21). The molecule has 0 saturated heterocycles. The summed E-state index contributed by atoms with van der Waals surface area (Å²) in [6, 6.07) is 7.52. The molecule has 0 aliphatic rings. The Kier molecular flexibility index (Phi) is 4.81. The molecule has 0 atom stereocenters. The van der Waals surface area contributed by atoms with E-state index in [1.54, 1.807) is 6.07 Å². The number of pyridine rings is 1. The van der Waals surface area contributed by atoms with Crippen molar-refractivity contribution in [2.75, 3.05) is 17.2 Å². The van der Waals surface area contributed by atoms with Gasteiger partial charge in [-0.15, -0.1) is 0 Å². The van der Waals surface area contributed by atoms with Gasteiger partial charge in [-0.05, 0) is 50.1 Å². The highest BCUT2D eigenvalue weighted by Gasteiger charge is 2.10. The van der Waals surface area contributed by atoms with E-state index in [1.165, 1.54) is 6.20 Å². The van der Waals surface area contributed by atoms with Crippen molar-refractivity contribution in [3.05, 3.63) is 52.2 Å². The van der Waals surface area contributed by atoms with Crippen LogP contribution in [-0.2, 0) is 0 Å². The van der Waals surface area contributed by atoms with Gasteiger partial charge in [0.25, 0.3) is 5.91 Å². The van der Waals surface area contributed by atoms with Gasteiger partial charge in [-0.1, -0.05) is 17.7 Å². The third-order valence-corrected chi connectivity index (χ3v) is 3.22. The lowest BCUT2D eigenvalue weighted by Crippen LogP contribution is -2.13. The number of nitrogens with one attached hydrogen (secondary N) is 2. The van der Waals surface area contributed by atoms with Gasteiger partial charge < -0.3 is 10.6 Å². The highest BCUT2D eigenvalue weighted by atomic mass is 35.5. The van der Waals surface area contributed by atoms with Crippen molar-refractivity contribution in [1.29, 1.82) is 0 Å². The van der Waals surface area contributed by atoms with E-state index in [0.29, 0.717) is 16.4 Å². The lowest BCUT2D eigenvalue weighted by Gasteiger charge is -2.09. The van der Waals surface area contributed by atoms with Gasteiger partial charge >= 0.3 is 0 Å². The number of aryl methyl sites for hydroxylation is 2. The summed E-state index contributed by atoms with van der Waals surface area (Å²) in [5.41, 5.74) is 3.40. The van der Waals surface area contributed by atoms with Crippen molar-refractivity contribution in [2.24, 2.45) is 0 Å². The molecule has 1 aromatic heterocycles. The summed E-state index contributed by atoms with van der Waals surface area (Å²) >= 11 is 6.10. The van der Waals surface area contributed by atoms with Crippen LogP contribution >= 0.6 is 11.6 Å². The number of halogens is 1. The van der Waals surface area contributed by atoms with Crippen LogP contribution in [0, 0.1) is 13.8 Å². The van der Waals surface area contributed by atoms with Gasteiger partial charge in [0.2, 0.25) is 0 Å². The normalized spacial score (nSPS) is 10.3. The molecule has 1 amide bonds. The molecule has 110 valence electrons. The molecule has 0 unspecified atom stereocenters. The smallest absolute Gasteiger partial charge is 0.257 e. The molecule has 5 heteroatoms. The minimum absolute atomic E-state index is 0.225. The van der Waals surface area contributed by atoms with Crippen molar-refractivity contribution < 1.29 is 4.79 Å². The summed E-state index contributed by atoms with van der Waals surface area (Å²) in [6.07, 6.45) is 1.52. The minimum Gasteiger partial charge on any atom is -0.369 e. The quantitative estimate of drug-likeness (QED) is 0.896. The molecule has 0 aliphatic heterocycles. The zero-order valence-corrected chi connectivity index (χ0v) is 13.1. The van der Waals surface area contributed by atoms with Crippen LogP contribution in [0.3, 0.4) is 0 Å². The monoisotopic (exact) mass is 303 g/mol.